The second-order valence-electron chi connectivity index (χ2n) is 6.04. The van der Waals surface area contributed by atoms with Gasteiger partial charge >= 0.3 is 5.97 Å². The van der Waals surface area contributed by atoms with Gasteiger partial charge in [0, 0.05) is 16.2 Å². The van der Waals surface area contributed by atoms with Crippen LogP contribution in [-0.4, -0.2) is 11.0 Å². The predicted molar refractivity (Wildman–Crippen MR) is 93.5 cm³/mol. The largest absolute Gasteiger partial charge is 0.444 e. The first-order chi connectivity index (χ1) is 10.9. The van der Waals surface area contributed by atoms with Crippen LogP contribution in [0.25, 0.3) is 0 Å². The van der Waals surface area contributed by atoms with Gasteiger partial charge in [0.2, 0.25) is 0 Å². The molecule has 3 nitrogen and oxygen atoms in total. The van der Waals surface area contributed by atoms with Gasteiger partial charge in [-0.25, -0.2) is 4.98 Å². The van der Waals surface area contributed by atoms with E-state index in [1.165, 1.54) is 0 Å². The molecule has 1 unspecified atom stereocenters. The second kappa shape index (κ2) is 7.43. The lowest BCUT2D eigenvalue weighted by Crippen LogP contribution is -2.24. The summed E-state index contributed by atoms with van der Waals surface area (Å²) < 4.78 is 6.48. The fourth-order valence-electron chi connectivity index (χ4n) is 1.72. The molecule has 4 heteroatoms. The Morgan fingerprint density at radius 3 is 2.48 bits per heavy atom. The van der Waals surface area contributed by atoms with Crippen LogP contribution in [0.3, 0.4) is 0 Å². The van der Waals surface area contributed by atoms with Crippen molar-refractivity contribution in [2.45, 2.75) is 26.9 Å². The van der Waals surface area contributed by atoms with Gasteiger partial charge in [0.15, 0.2) is 6.10 Å². The zero-order valence-electron chi connectivity index (χ0n) is 13.3. The molecule has 0 aliphatic rings. The summed E-state index contributed by atoms with van der Waals surface area (Å²) >= 11 is 3.49. The van der Waals surface area contributed by atoms with Crippen molar-refractivity contribution < 1.29 is 9.53 Å². The van der Waals surface area contributed by atoms with Crippen molar-refractivity contribution in [3.63, 3.8) is 0 Å². The maximum atomic E-state index is 12.3. The topological polar surface area (TPSA) is 39.2 Å². The van der Waals surface area contributed by atoms with E-state index < -0.39 is 11.5 Å². The van der Waals surface area contributed by atoms with E-state index in [2.05, 4.69) is 32.8 Å². The van der Waals surface area contributed by atoms with E-state index in [9.17, 15) is 4.79 Å². The molecule has 0 aliphatic heterocycles. The molecule has 23 heavy (non-hydrogen) atoms. The van der Waals surface area contributed by atoms with Gasteiger partial charge in [-0.2, -0.15) is 0 Å². The number of rotatable bonds is 2. The van der Waals surface area contributed by atoms with Gasteiger partial charge in [-0.3, -0.25) is 4.79 Å². The zero-order valence-corrected chi connectivity index (χ0v) is 14.9. The number of esters is 1. The molecule has 0 spiro atoms. The molecule has 118 valence electrons. The van der Waals surface area contributed by atoms with Crippen molar-refractivity contribution in [1.29, 1.82) is 0 Å². The number of benzene rings is 1. The summed E-state index contributed by atoms with van der Waals surface area (Å²) in [5.41, 5.74) is 0.858. The Hall–Kier alpha value is -2.12. The van der Waals surface area contributed by atoms with Crippen LogP contribution in [-0.2, 0) is 9.53 Å². The van der Waals surface area contributed by atoms with Gasteiger partial charge < -0.3 is 4.74 Å². The summed E-state index contributed by atoms with van der Waals surface area (Å²) in [5.74, 6) is 5.68. The van der Waals surface area contributed by atoms with Crippen molar-refractivity contribution in [1.82, 2.24) is 4.98 Å². The molecule has 1 aromatic carbocycles. The summed E-state index contributed by atoms with van der Waals surface area (Å²) in [7, 11) is 0. The highest BCUT2D eigenvalue weighted by atomic mass is 79.9. The lowest BCUT2D eigenvalue weighted by Gasteiger charge is -2.21. The molecule has 1 aromatic heterocycles. The third kappa shape index (κ3) is 4.94. The highest BCUT2D eigenvalue weighted by Crippen LogP contribution is 2.28. The standard InChI is InChI=1S/C19H18BrNO2/c1-19(2,3)18(22)23-17(15-9-4-5-10-16(15)20)12-11-14-8-6-7-13-21-14/h4-10,13,17H,1-3H3. The third-order valence-corrected chi connectivity index (χ3v) is 3.74. The minimum Gasteiger partial charge on any atom is -0.444 e. The molecule has 2 rings (SSSR count). The van der Waals surface area contributed by atoms with Crippen LogP contribution < -0.4 is 0 Å². The fraction of sp³-hybridized carbons (Fsp3) is 0.263. The van der Waals surface area contributed by atoms with Crippen LogP contribution in [0.15, 0.2) is 53.1 Å². The maximum Gasteiger partial charge on any atom is 0.312 e. The van der Waals surface area contributed by atoms with E-state index >= 15 is 0 Å². The number of ether oxygens (including phenoxy) is 1. The first-order valence-corrected chi connectivity index (χ1v) is 8.05. The molecule has 1 atom stereocenters. The molecule has 2 aromatic rings. The predicted octanol–water partition coefficient (Wildman–Crippen LogP) is 4.53. The summed E-state index contributed by atoms with van der Waals surface area (Å²) in [5, 5.41) is 0. The van der Waals surface area contributed by atoms with Gasteiger partial charge in [-0.05, 0) is 50.8 Å². The van der Waals surface area contributed by atoms with Crippen molar-refractivity contribution in [3.8, 4) is 11.8 Å². The minimum absolute atomic E-state index is 0.298. The first kappa shape index (κ1) is 17.2. The molecule has 0 radical (unpaired) electrons. The number of carbonyl (C=O) groups is 1. The van der Waals surface area contributed by atoms with Crippen LogP contribution in [0.1, 0.15) is 38.1 Å². The van der Waals surface area contributed by atoms with Crippen LogP contribution in [0.2, 0.25) is 0 Å². The van der Waals surface area contributed by atoms with Crippen molar-refractivity contribution in [3.05, 3.63) is 64.4 Å². The number of hydrogen-bond donors (Lipinski definition) is 0. The number of halogens is 1. The SMILES string of the molecule is CC(C)(C)C(=O)OC(C#Cc1ccccn1)c1ccccc1Br. The van der Waals surface area contributed by atoms with Gasteiger partial charge in [0.05, 0.1) is 5.41 Å². The van der Waals surface area contributed by atoms with Crippen molar-refractivity contribution in [2.24, 2.45) is 5.41 Å². The number of carbonyl (C=O) groups excluding carboxylic acids is 1. The Labute approximate surface area is 145 Å². The maximum absolute atomic E-state index is 12.3. The fourth-order valence-corrected chi connectivity index (χ4v) is 2.21. The monoisotopic (exact) mass is 371 g/mol. The molecule has 0 aliphatic carbocycles. The molecule has 1 heterocycles. The average molecular weight is 372 g/mol. The molecule has 0 N–H and O–H groups in total. The van der Waals surface area contributed by atoms with Crippen LogP contribution in [0.5, 0.6) is 0 Å². The summed E-state index contributed by atoms with van der Waals surface area (Å²) in [4.78, 5) is 16.4. The highest BCUT2D eigenvalue weighted by molar-refractivity contribution is 9.10. The van der Waals surface area contributed by atoms with Crippen LogP contribution >= 0.6 is 15.9 Å². The van der Waals surface area contributed by atoms with E-state index in [0.717, 1.165) is 10.0 Å². The van der Waals surface area contributed by atoms with Crippen LogP contribution in [0.4, 0.5) is 0 Å². The Balaban J connectivity index is 2.35. The van der Waals surface area contributed by atoms with Crippen molar-refractivity contribution >= 4 is 21.9 Å². The smallest absolute Gasteiger partial charge is 0.312 e. The lowest BCUT2D eigenvalue weighted by atomic mass is 9.97. The minimum atomic E-state index is -0.653. The highest BCUT2D eigenvalue weighted by Gasteiger charge is 2.27. The van der Waals surface area contributed by atoms with Crippen molar-refractivity contribution in [2.75, 3.05) is 0 Å². The Morgan fingerprint density at radius 1 is 1.17 bits per heavy atom. The summed E-state index contributed by atoms with van der Waals surface area (Å²) in [6.45, 7) is 5.45. The van der Waals surface area contributed by atoms with Gasteiger partial charge in [-0.1, -0.05) is 40.2 Å². The molecule has 0 fully saturated rings. The molecule has 0 saturated heterocycles. The van der Waals surface area contributed by atoms with E-state index in [1.54, 1.807) is 6.20 Å². The zero-order chi connectivity index (χ0) is 16.9. The third-order valence-electron chi connectivity index (χ3n) is 3.02. The number of nitrogens with zero attached hydrogens (tertiary/aromatic N) is 1. The first-order valence-electron chi connectivity index (χ1n) is 7.26. The Bertz CT molecular complexity index is 739. The molecular weight excluding hydrogens is 354 g/mol. The average Bonchev–Trinajstić information content (AvgIpc) is 2.52. The summed E-state index contributed by atoms with van der Waals surface area (Å²) in [6, 6.07) is 13.1. The second-order valence-corrected chi connectivity index (χ2v) is 6.90. The number of aromatic nitrogens is 1. The van der Waals surface area contributed by atoms with E-state index in [-0.39, 0.29) is 5.97 Å². The van der Waals surface area contributed by atoms with E-state index in [1.807, 2.05) is 63.2 Å². The summed E-state index contributed by atoms with van der Waals surface area (Å²) in [6.07, 6.45) is 1.03. The van der Waals surface area contributed by atoms with E-state index in [4.69, 9.17) is 4.74 Å². The van der Waals surface area contributed by atoms with Gasteiger partial charge in [0.1, 0.15) is 5.69 Å². The molecule has 0 bridgehead atoms. The number of hydrogen-bond acceptors (Lipinski definition) is 3. The molecule has 0 saturated carbocycles. The van der Waals surface area contributed by atoms with Gasteiger partial charge in [0.25, 0.3) is 0 Å². The Kier molecular flexibility index (Phi) is 5.57. The Morgan fingerprint density at radius 2 is 1.87 bits per heavy atom. The van der Waals surface area contributed by atoms with E-state index in [0.29, 0.717) is 5.69 Å². The van der Waals surface area contributed by atoms with Crippen LogP contribution in [0, 0.1) is 17.3 Å². The lowest BCUT2D eigenvalue weighted by molar-refractivity contribution is -0.156. The molecular formula is C19H18BrNO2. The van der Waals surface area contributed by atoms with Gasteiger partial charge in [-0.15, -0.1) is 0 Å². The number of pyridine rings is 1. The normalized spacial score (nSPS) is 12.0. The molecule has 0 amide bonds. The quantitative estimate of drug-likeness (QED) is 0.575.